The molecule has 0 aliphatic heterocycles. The van der Waals surface area contributed by atoms with Crippen LogP contribution in [0.15, 0.2) is 42.5 Å². The third-order valence-electron chi connectivity index (χ3n) is 3.66. The van der Waals surface area contributed by atoms with Crippen LogP contribution in [0.1, 0.15) is 28.4 Å². The molecule has 2 aromatic carbocycles. The Labute approximate surface area is 135 Å². The van der Waals surface area contributed by atoms with E-state index in [-0.39, 0.29) is 5.91 Å². The Morgan fingerprint density at radius 1 is 1.09 bits per heavy atom. The number of carbonyl (C=O) groups excluding carboxylic acids is 2. The fourth-order valence-corrected chi connectivity index (χ4v) is 2.06. The maximum Gasteiger partial charge on any atom is 0.265 e. The summed E-state index contributed by atoms with van der Waals surface area (Å²) in [4.78, 5) is 23.2. The zero-order chi connectivity index (χ0) is 17.0. The number of benzene rings is 2. The lowest BCUT2D eigenvalue weighted by Crippen LogP contribution is -2.30. The van der Waals surface area contributed by atoms with Gasteiger partial charge in [0.2, 0.25) is 5.91 Å². The Balaban J connectivity index is 2.02. The van der Waals surface area contributed by atoms with Crippen molar-refractivity contribution in [1.29, 1.82) is 0 Å². The van der Waals surface area contributed by atoms with Gasteiger partial charge in [0.1, 0.15) is 5.75 Å². The number of hydrogen-bond donors (Lipinski definition) is 2. The standard InChI is InChI=1S/C18H20N2O3/c1-11-5-4-6-16(12(11)2)23-13(3)18(22)20-15-9-7-14(8-10-15)17(19)21/h4-10,13H,1-3H3,(H2,19,21)(H,20,22). The number of ether oxygens (including phenoxy) is 1. The smallest absolute Gasteiger partial charge is 0.265 e. The van der Waals surface area contributed by atoms with E-state index in [9.17, 15) is 9.59 Å². The fraction of sp³-hybridized carbons (Fsp3) is 0.222. The summed E-state index contributed by atoms with van der Waals surface area (Å²) in [5, 5.41) is 2.75. The van der Waals surface area contributed by atoms with E-state index in [1.54, 1.807) is 31.2 Å². The predicted molar refractivity (Wildman–Crippen MR) is 89.6 cm³/mol. The molecule has 3 N–H and O–H groups in total. The predicted octanol–water partition coefficient (Wildman–Crippen LogP) is 2.81. The molecule has 0 aliphatic rings. The van der Waals surface area contributed by atoms with Crippen molar-refractivity contribution in [3.05, 3.63) is 59.2 Å². The van der Waals surface area contributed by atoms with Crippen LogP contribution in [0.3, 0.4) is 0 Å². The SMILES string of the molecule is Cc1cccc(OC(C)C(=O)Nc2ccc(C(N)=O)cc2)c1C. The lowest BCUT2D eigenvalue weighted by atomic mass is 10.1. The van der Waals surface area contributed by atoms with Crippen molar-refractivity contribution in [2.75, 3.05) is 5.32 Å². The third-order valence-corrected chi connectivity index (χ3v) is 3.66. The summed E-state index contributed by atoms with van der Waals surface area (Å²) in [7, 11) is 0. The Hall–Kier alpha value is -2.82. The second-order valence-electron chi connectivity index (χ2n) is 5.39. The molecule has 0 radical (unpaired) electrons. The number of anilines is 1. The van der Waals surface area contributed by atoms with E-state index in [1.807, 2.05) is 32.0 Å². The van der Waals surface area contributed by atoms with Crippen molar-refractivity contribution in [3.63, 3.8) is 0 Å². The highest BCUT2D eigenvalue weighted by molar-refractivity contribution is 5.96. The average Bonchev–Trinajstić information content (AvgIpc) is 2.52. The van der Waals surface area contributed by atoms with E-state index >= 15 is 0 Å². The molecule has 23 heavy (non-hydrogen) atoms. The van der Waals surface area contributed by atoms with Crippen LogP contribution in [-0.4, -0.2) is 17.9 Å². The molecule has 0 heterocycles. The third kappa shape index (κ3) is 4.10. The van der Waals surface area contributed by atoms with Gasteiger partial charge in [0.15, 0.2) is 6.10 Å². The summed E-state index contributed by atoms with van der Waals surface area (Å²) in [6.45, 7) is 5.64. The van der Waals surface area contributed by atoms with Crippen LogP contribution in [0.4, 0.5) is 5.69 Å². The maximum absolute atomic E-state index is 12.2. The Kier molecular flexibility index (Phi) is 5.01. The van der Waals surface area contributed by atoms with Gasteiger partial charge in [0, 0.05) is 11.3 Å². The minimum Gasteiger partial charge on any atom is -0.481 e. The fourth-order valence-electron chi connectivity index (χ4n) is 2.06. The first-order valence-electron chi connectivity index (χ1n) is 7.32. The van der Waals surface area contributed by atoms with Crippen LogP contribution in [0, 0.1) is 13.8 Å². The molecule has 0 spiro atoms. The molecular formula is C18H20N2O3. The topological polar surface area (TPSA) is 81.4 Å². The number of aryl methyl sites for hydroxylation is 1. The molecule has 0 saturated heterocycles. The number of nitrogens with one attached hydrogen (secondary N) is 1. The molecule has 0 fully saturated rings. The van der Waals surface area contributed by atoms with Crippen LogP contribution in [0.2, 0.25) is 0 Å². The molecule has 2 aromatic rings. The largest absolute Gasteiger partial charge is 0.481 e. The highest BCUT2D eigenvalue weighted by atomic mass is 16.5. The molecule has 0 aliphatic carbocycles. The summed E-state index contributed by atoms with van der Waals surface area (Å²) < 4.78 is 5.74. The Morgan fingerprint density at radius 3 is 2.35 bits per heavy atom. The second-order valence-corrected chi connectivity index (χ2v) is 5.39. The van der Waals surface area contributed by atoms with E-state index in [1.165, 1.54) is 0 Å². The summed E-state index contributed by atoms with van der Waals surface area (Å²) in [6.07, 6.45) is -0.647. The molecule has 5 nitrogen and oxygen atoms in total. The van der Waals surface area contributed by atoms with E-state index in [2.05, 4.69) is 5.32 Å². The summed E-state index contributed by atoms with van der Waals surface area (Å²) in [5.74, 6) is -0.0797. The highest BCUT2D eigenvalue weighted by Crippen LogP contribution is 2.22. The summed E-state index contributed by atoms with van der Waals surface area (Å²) in [6, 6.07) is 12.1. The molecule has 1 atom stereocenters. The van der Waals surface area contributed by atoms with Crippen molar-refractivity contribution in [2.45, 2.75) is 26.9 Å². The normalized spacial score (nSPS) is 11.6. The molecule has 120 valence electrons. The van der Waals surface area contributed by atoms with Crippen LogP contribution in [-0.2, 0) is 4.79 Å². The van der Waals surface area contributed by atoms with Crippen LogP contribution >= 0.6 is 0 Å². The minimum absolute atomic E-state index is 0.266. The number of rotatable bonds is 5. The van der Waals surface area contributed by atoms with Gasteiger partial charge < -0.3 is 15.8 Å². The van der Waals surface area contributed by atoms with Gasteiger partial charge in [-0.2, -0.15) is 0 Å². The van der Waals surface area contributed by atoms with Crippen LogP contribution in [0.25, 0.3) is 0 Å². The van der Waals surface area contributed by atoms with Gasteiger partial charge in [-0.15, -0.1) is 0 Å². The molecule has 0 aromatic heterocycles. The summed E-state index contributed by atoms with van der Waals surface area (Å²) >= 11 is 0. The average molecular weight is 312 g/mol. The van der Waals surface area contributed by atoms with Crippen molar-refractivity contribution in [3.8, 4) is 5.75 Å². The van der Waals surface area contributed by atoms with Crippen LogP contribution in [0.5, 0.6) is 5.75 Å². The number of carbonyl (C=O) groups is 2. The zero-order valence-corrected chi connectivity index (χ0v) is 13.4. The zero-order valence-electron chi connectivity index (χ0n) is 13.4. The van der Waals surface area contributed by atoms with Crippen molar-refractivity contribution in [2.24, 2.45) is 5.73 Å². The molecule has 5 heteroatoms. The lowest BCUT2D eigenvalue weighted by Gasteiger charge is -2.17. The van der Waals surface area contributed by atoms with Gasteiger partial charge in [-0.3, -0.25) is 9.59 Å². The lowest BCUT2D eigenvalue weighted by molar-refractivity contribution is -0.122. The summed E-state index contributed by atoms with van der Waals surface area (Å²) in [5.41, 5.74) is 8.27. The second kappa shape index (κ2) is 6.96. The van der Waals surface area contributed by atoms with Crippen LogP contribution < -0.4 is 15.8 Å². The number of primary amides is 1. The highest BCUT2D eigenvalue weighted by Gasteiger charge is 2.16. The van der Waals surface area contributed by atoms with E-state index in [4.69, 9.17) is 10.5 Å². The van der Waals surface area contributed by atoms with Gasteiger partial charge in [-0.05, 0) is 62.2 Å². The van der Waals surface area contributed by atoms with Crippen molar-refractivity contribution in [1.82, 2.24) is 0 Å². The molecule has 1 unspecified atom stereocenters. The monoisotopic (exact) mass is 312 g/mol. The van der Waals surface area contributed by atoms with Crippen molar-refractivity contribution < 1.29 is 14.3 Å². The van der Waals surface area contributed by atoms with Gasteiger partial charge in [0.25, 0.3) is 5.91 Å². The Bertz CT molecular complexity index is 724. The Morgan fingerprint density at radius 2 is 1.74 bits per heavy atom. The molecule has 2 rings (SSSR count). The van der Waals surface area contributed by atoms with E-state index in [0.29, 0.717) is 17.0 Å². The van der Waals surface area contributed by atoms with E-state index < -0.39 is 12.0 Å². The first kappa shape index (κ1) is 16.5. The van der Waals surface area contributed by atoms with Gasteiger partial charge >= 0.3 is 0 Å². The molecule has 0 bridgehead atoms. The van der Waals surface area contributed by atoms with Crippen molar-refractivity contribution >= 4 is 17.5 Å². The molecule has 0 saturated carbocycles. The number of amides is 2. The van der Waals surface area contributed by atoms with Gasteiger partial charge in [0.05, 0.1) is 0 Å². The first-order valence-corrected chi connectivity index (χ1v) is 7.32. The number of nitrogens with two attached hydrogens (primary N) is 1. The molecular weight excluding hydrogens is 292 g/mol. The first-order chi connectivity index (χ1) is 10.9. The van der Waals surface area contributed by atoms with E-state index in [0.717, 1.165) is 11.1 Å². The number of hydrogen-bond acceptors (Lipinski definition) is 3. The molecule has 2 amide bonds. The van der Waals surface area contributed by atoms with Gasteiger partial charge in [-0.1, -0.05) is 12.1 Å². The van der Waals surface area contributed by atoms with Gasteiger partial charge in [-0.25, -0.2) is 0 Å². The maximum atomic E-state index is 12.2. The minimum atomic E-state index is -0.647. The quantitative estimate of drug-likeness (QED) is 0.890.